The Bertz CT molecular complexity index is 1650. The number of rotatable bonds is 8. The molecule has 1 heterocycles. The van der Waals surface area contributed by atoms with Crippen molar-refractivity contribution in [3.63, 3.8) is 0 Å². The Labute approximate surface area is 259 Å². The zero-order chi connectivity index (χ0) is 30.7. The Balaban J connectivity index is 1.42. The molecule has 6 rings (SSSR count). The summed E-state index contributed by atoms with van der Waals surface area (Å²) in [6.45, 7) is 0.172. The molecule has 2 aliphatic carbocycles. The van der Waals surface area contributed by atoms with Crippen LogP contribution in [0.2, 0.25) is 0 Å². The van der Waals surface area contributed by atoms with Crippen LogP contribution in [0.1, 0.15) is 79.6 Å². The number of para-hydroxylation sites is 1. The molecule has 44 heavy (non-hydrogen) atoms. The van der Waals surface area contributed by atoms with Gasteiger partial charge in [0.2, 0.25) is 11.8 Å². The third-order valence-electron chi connectivity index (χ3n) is 9.42. The van der Waals surface area contributed by atoms with E-state index < -0.39 is 5.54 Å². The summed E-state index contributed by atoms with van der Waals surface area (Å²) in [7, 11) is 3.55. The van der Waals surface area contributed by atoms with Gasteiger partial charge in [-0.2, -0.15) is 0 Å². The largest absolute Gasteiger partial charge is 0.347 e. The second-order valence-corrected chi connectivity index (χ2v) is 12.5. The van der Waals surface area contributed by atoms with Gasteiger partial charge in [0.25, 0.3) is 5.91 Å². The van der Waals surface area contributed by atoms with E-state index in [0.717, 1.165) is 47.8 Å². The Morgan fingerprint density at radius 1 is 0.909 bits per heavy atom. The van der Waals surface area contributed by atoms with E-state index in [-0.39, 0.29) is 24.3 Å². The number of aromatic nitrogens is 1. The van der Waals surface area contributed by atoms with Crippen molar-refractivity contribution in [1.29, 1.82) is 0 Å². The summed E-state index contributed by atoms with van der Waals surface area (Å²) in [6.07, 6.45) is 8.74. The van der Waals surface area contributed by atoms with Gasteiger partial charge in [-0.3, -0.25) is 14.4 Å². The van der Waals surface area contributed by atoms with Gasteiger partial charge in [-0.25, -0.2) is 0 Å². The maximum absolute atomic E-state index is 13.9. The molecule has 2 N–H and O–H groups in total. The molecule has 2 fully saturated rings. The van der Waals surface area contributed by atoms with Crippen molar-refractivity contribution in [2.75, 3.05) is 19.4 Å². The molecule has 0 saturated heterocycles. The lowest BCUT2D eigenvalue weighted by molar-refractivity contribution is -0.129. The highest BCUT2D eigenvalue weighted by Gasteiger charge is 2.43. The summed E-state index contributed by atoms with van der Waals surface area (Å²) in [5.74, 6) is -0.119. The van der Waals surface area contributed by atoms with Crippen LogP contribution in [0, 0.1) is 6.07 Å². The van der Waals surface area contributed by atoms with Gasteiger partial charge >= 0.3 is 0 Å². The second-order valence-electron chi connectivity index (χ2n) is 12.5. The van der Waals surface area contributed by atoms with Crippen molar-refractivity contribution in [2.45, 2.75) is 75.8 Å². The van der Waals surface area contributed by atoms with Crippen LogP contribution in [0.5, 0.6) is 0 Å². The highest BCUT2D eigenvalue weighted by atomic mass is 16.2. The monoisotopic (exact) mass is 589 g/mol. The Morgan fingerprint density at radius 2 is 1.64 bits per heavy atom. The number of carbonyl (C=O) groups excluding carboxylic acids is 3. The SMILES string of the molecule is CN(C)C(=O)Cn1c(-c2ccccc2)c(C2CCCCC2)c2ccc(C(=O)NC3(C(=O)Nc4[c]cccc4)CCCC3)cc21. The standard InChI is InChI=1S/C37H41N4O3/c1-40(2)32(42)25-41-31-24-28(35(43)39-37(22-12-13-23-37)36(44)38-29-18-10-5-11-19-29)20-21-30(31)33(26-14-6-3-7-15-26)34(41)27-16-8-4-9-17-27/h4-5,8-11,16-18,20-21,24,26H,3,6-7,12-15,22-23,25H2,1-2H3,(H,38,44)(H,39,43). The van der Waals surface area contributed by atoms with Crippen molar-refractivity contribution in [3.8, 4) is 11.3 Å². The van der Waals surface area contributed by atoms with Crippen molar-refractivity contribution in [3.05, 3.63) is 90.0 Å². The zero-order valence-electron chi connectivity index (χ0n) is 25.7. The molecular formula is C37H41N4O3. The van der Waals surface area contributed by atoms with E-state index in [1.165, 1.54) is 24.8 Å². The van der Waals surface area contributed by atoms with Crippen molar-refractivity contribution in [1.82, 2.24) is 14.8 Å². The molecule has 0 spiro atoms. The Hall–Kier alpha value is -4.39. The molecule has 4 aromatic rings. The fourth-order valence-electron chi connectivity index (χ4n) is 7.06. The van der Waals surface area contributed by atoms with Gasteiger partial charge in [0, 0.05) is 36.8 Å². The lowest BCUT2D eigenvalue weighted by Gasteiger charge is -2.29. The van der Waals surface area contributed by atoms with Crippen LogP contribution in [-0.4, -0.2) is 46.8 Å². The van der Waals surface area contributed by atoms with Crippen LogP contribution in [0.15, 0.2) is 72.8 Å². The first kappa shape index (κ1) is 29.7. The molecule has 2 saturated carbocycles. The van der Waals surface area contributed by atoms with Gasteiger partial charge in [0.1, 0.15) is 12.1 Å². The summed E-state index contributed by atoms with van der Waals surface area (Å²) in [5, 5.41) is 7.19. The number of hydrogen-bond acceptors (Lipinski definition) is 3. The van der Waals surface area contributed by atoms with E-state index in [4.69, 9.17) is 0 Å². The number of hydrogen-bond donors (Lipinski definition) is 2. The minimum absolute atomic E-state index is 0.0107. The van der Waals surface area contributed by atoms with E-state index in [1.807, 2.05) is 42.5 Å². The Kier molecular flexibility index (Phi) is 8.56. The minimum Gasteiger partial charge on any atom is -0.347 e. The van der Waals surface area contributed by atoms with Gasteiger partial charge < -0.3 is 20.1 Å². The fourth-order valence-corrected chi connectivity index (χ4v) is 7.06. The normalized spacial score (nSPS) is 16.5. The molecule has 0 atom stereocenters. The predicted octanol–water partition coefficient (Wildman–Crippen LogP) is 6.93. The summed E-state index contributed by atoms with van der Waals surface area (Å²) >= 11 is 0. The molecule has 1 radical (unpaired) electrons. The molecule has 3 aromatic carbocycles. The fraction of sp³-hybridized carbons (Fsp3) is 0.378. The molecule has 0 aliphatic heterocycles. The van der Waals surface area contributed by atoms with Crippen LogP contribution < -0.4 is 10.6 Å². The number of anilines is 1. The zero-order valence-corrected chi connectivity index (χ0v) is 25.7. The number of benzene rings is 3. The smallest absolute Gasteiger partial charge is 0.252 e. The first-order valence-corrected chi connectivity index (χ1v) is 15.9. The molecule has 0 unspecified atom stereocenters. The van der Waals surface area contributed by atoms with Gasteiger partial charge in [-0.1, -0.05) is 86.7 Å². The van der Waals surface area contributed by atoms with Crippen LogP contribution >= 0.6 is 0 Å². The Morgan fingerprint density at radius 3 is 2.32 bits per heavy atom. The van der Waals surface area contributed by atoms with Crippen molar-refractivity contribution < 1.29 is 14.4 Å². The van der Waals surface area contributed by atoms with Gasteiger partial charge in [0.15, 0.2) is 0 Å². The van der Waals surface area contributed by atoms with Crippen LogP contribution in [0.25, 0.3) is 22.2 Å². The third-order valence-corrected chi connectivity index (χ3v) is 9.42. The topological polar surface area (TPSA) is 83.4 Å². The average molecular weight is 590 g/mol. The van der Waals surface area contributed by atoms with E-state index >= 15 is 0 Å². The maximum atomic E-state index is 13.9. The molecule has 1 aromatic heterocycles. The summed E-state index contributed by atoms with van der Waals surface area (Å²) in [4.78, 5) is 42.3. The molecule has 7 nitrogen and oxygen atoms in total. The van der Waals surface area contributed by atoms with Crippen molar-refractivity contribution in [2.24, 2.45) is 0 Å². The summed E-state index contributed by atoms with van der Waals surface area (Å²) < 4.78 is 2.11. The number of amides is 3. The number of nitrogens with zero attached hydrogens (tertiary/aromatic N) is 2. The van der Waals surface area contributed by atoms with Crippen molar-refractivity contribution >= 4 is 34.3 Å². The van der Waals surface area contributed by atoms with E-state index in [2.05, 4.69) is 39.5 Å². The van der Waals surface area contributed by atoms with Crippen LogP contribution in [0.3, 0.4) is 0 Å². The second kappa shape index (κ2) is 12.7. The average Bonchev–Trinajstić information content (AvgIpc) is 3.65. The highest BCUT2D eigenvalue weighted by molar-refractivity contribution is 6.06. The van der Waals surface area contributed by atoms with E-state index in [9.17, 15) is 14.4 Å². The van der Waals surface area contributed by atoms with Gasteiger partial charge in [-0.15, -0.1) is 0 Å². The van der Waals surface area contributed by atoms with Crippen LogP contribution in [0.4, 0.5) is 5.69 Å². The molecule has 2 aliphatic rings. The van der Waals surface area contributed by atoms with E-state index in [0.29, 0.717) is 30.0 Å². The summed E-state index contributed by atoms with van der Waals surface area (Å²) in [5.41, 5.74) is 4.36. The number of nitrogens with one attached hydrogen (secondary N) is 2. The first-order valence-electron chi connectivity index (χ1n) is 15.9. The predicted molar refractivity (Wildman–Crippen MR) is 174 cm³/mol. The molecule has 0 bridgehead atoms. The van der Waals surface area contributed by atoms with Gasteiger partial charge in [0.05, 0.1) is 11.2 Å². The molecule has 7 heteroatoms. The van der Waals surface area contributed by atoms with Gasteiger partial charge in [-0.05, 0) is 60.9 Å². The van der Waals surface area contributed by atoms with Crippen LogP contribution in [-0.2, 0) is 16.1 Å². The molecule has 227 valence electrons. The number of fused-ring (bicyclic) bond motifs is 1. The third kappa shape index (κ3) is 5.88. The lowest BCUT2D eigenvalue weighted by Crippen LogP contribution is -2.55. The molecule has 3 amide bonds. The first-order chi connectivity index (χ1) is 21.4. The molecular weight excluding hydrogens is 548 g/mol. The minimum atomic E-state index is -0.985. The van der Waals surface area contributed by atoms with E-state index in [1.54, 1.807) is 31.1 Å². The number of likely N-dealkylation sites (N-methyl/N-ethyl adjacent to an activating group) is 1. The lowest BCUT2D eigenvalue weighted by atomic mass is 9.81. The maximum Gasteiger partial charge on any atom is 0.252 e. The number of carbonyl (C=O) groups is 3. The highest BCUT2D eigenvalue weighted by Crippen LogP contribution is 2.44. The quantitative estimate of drug-likeness (QED) is 0.234. The summed E-state index contributed by atoms with van der Waals surface area (Å²) in [6, 6.07) is 26.4.